The first-order valence-electron chi connectivity index (χ1n) is 9.76. The van der Waals surface area contributed by atoms with Gasteiger partial charge < -0.3 is 0 Å². The summed E-state index contributed by atoms with van der Waals surface area (Å²) in [5, 5.41) is 0. The summed E-state index contributed by atoms with van der Waals surface area (Å²) in [6, 6.07) is 0. The van der Waals surface area contributed by atoms with E-state index < -0.39 is 25.8 Å². The monoisotopic (exact) mass is 448 g/mol. The zero-order chi connectivity index (χ0) is 17.3. The van der Waals surface area contributed by atoms with E-state index in [4.69, 9.17) is 4.74 Å². The SMILES string of the molecule is CCC1(OC(=O)C(C)(C(C)C)C23NI2N3)CCC2CC(C)CC1C2. The third-order valence-electron chi connectivity index (χ3n) is 7.61. The number of halogens is 1. The number of carbonyl (C=O) groups is 1. The summed E-state index contributed by atoms with van der Waals surface area (Å²) >= 11 is -1.19. The quantitative estimate of drug-likeness (QED) is 0.164. The van der Waals surface area contributed by atoms with Crippen molar-refractivity contribution in [2.75, 3.05) is 0 Å². The van der Waals surface area contributed by atoms with Crippen LogP contribution < -0.4 is 7.06 Å². The van der Waals surface area contributed by atoms with Gasteiger partial charge >= 0.3 is 154 Å². The van der Waals surface area contributed by atoms with E-state index in [1.54, 1.807) is 0 Å². The van der Waals surface area contributed by atoms with Gasteiger partial charge in [-0.1, -0.05) is 0 Å². The zero-order valence-corrected chi connectivity index (χ0v) is 17.9. The molecule has 0 spiro atoms. The first kappa shape index (κ1) is 17.5. The topological polar surface area (TPSA) is 70.2 Å². The van der Waals surface area contributed by atoms with Crippen molar-refractivity contribution in [2.24, 2.45) is 29.1 Å². The van der Waals surface area contributed by atoms with E-state index in [1.807, 2.05) is 0 Å². The predicted octanol–water partition coefficient (Wildman–Crippen LogP) is 4.38. The molecule has 4 rings (SSSR count). The van der Waals surface area contributed by atoms with Gasteiger partial charge in [-0.15, -0.1) is 0 Å². The molecule has 0 aromatic heterocycles. The van der Waals surface area contributed by atoms with Crippen molar-refractivity contribution in [3.8, 4) is 0 Å². The molecule has 2 aliphatic heterocycles. The Morgan fingerprint density at radius 2 is 2.00 bits per heavy atom. The van der Waals surface area contributed by atoms with E-state index in [0.29, 0.717) is 5.92 Å². The van der Waals surface area contributed by atoms with Gasteiger partial charge in [0.15, 0.2) is 0 Å². The van der Waals surface area contributed by atoms with Crippen LogP contribution in [0.3, 0.4) is 0 Å². The fourth-order valence-corrected chi connectivity index (χ4v) is 11.2. The predicted molar refractivity (Wildman–Crippen MR) is 104 cm³/mol. The van der Waals surface area contributed by atoms with E-state index in [2.05, 4.69) is 41.7 Å². The molecule has 24 heavy (non-hydrogen) atoms. The summed E-state index contributed by atoms with van der Waals surface area (Å²) < 4.78 is 13.6. The Labute approximate surface area is 154 Å². The number of ether oxygens (including phenoxy) is 1. The van der Waals surface area contributed by atoms with Crippen LogP contribution in [-0.2, 0) is 9.53 Å². The van der Waals surface area contributed by atoms with E-state index in [-0.39, 0.29) is 21.2 Å². The van der Waals surface area contributed by atoms with Gasteiger partial charge in [0.25, 0.3) is 0 Å². The number of hydrogen-bond donors (Lipinski definition) is 2. The first-order valence-corrected chi connectivity index (χ1v) is 13.0. The molecule has 2 saturated carbocycles. The van der Waals surface area contributed by atoms with Gasteiger partial charge in [0.2, 0.25) is 0 Å². The second-order valence-electron chi connectivity index (χ2n) is 9.21. The molecule has 2 saturated heterocycles. The van der Waals surface area contributed by atoms with Crippen molar-refractivity contribution < 1.29 is 9.53 Å². The number of rotatable bonds is 5. The molecule has 0 radical (unpaired) electrons. The molecule has 2 heterocycles. The molecule has 4 fully saturated rings. The van der Waals surface area contributed by atoms with Crippen molar-refractivity contribution in [3.63, 3.8) is 0 Å². The summed E-state index contributed by atoms with van der Waals surface area (Å²) in [5.41, 5.74) is -0.630. The molecule has 2 bridgehead atoms. The van der Waals surface area contributed by atoms with Gasteiger partial charge in [-0.05, 0) is 0 Å². The van der Waals surface area contributed by atoms with E-state index in [9.17, 15) is 4.79 Å². The first-order chi connectivity index (χ1) is 11.3. The van der Waals surface area contributed by atoms with Crippen molar-refractivity contribution in [1.29, 1.82) is 0 Å². The molecule has 0 aromatic carbocycles. The Morgan fingerprint density at radius 1 is 1.33 bits per heavy atom. The van der Waals surface area contributed by atoms with Gasteiger partial charge in [-0.3, -0.25) is 0 Å². The number of fused-ring (bicyclic) bond motifs is 3. The fraction of sp³-hybridized carbons (Fsp3) is 0.947. The number of alkyl halides is 1. The van der Waals surface area contributed by atoms with Crippen molar-refractivity contribution in [3.05, 3.63) is 0 Å². The Hall–Kier alpha value is 0.120. The summed E-state index contributed by atoms with van der Waals surface area (Å²) in [4.78, 5) is 13.4. The minimum absolute atomic E-state index is 0.0336. The van der Waals surface area contributed by atoms with Crippen molar-refractivity contribution >= 4 is 26.3 Å². The van der Waals surface area contributed by atoms with E-state index in [1.165, 1.54) is 25.7 Å². The van der Waals surface area contributed by atoms with Gasteiger partial charge in [-0.25, -0.2) is 0 Å². The van der Waals surface area contributed by atoms with Crippen LogP contribution in [0, 0.1) is 29.1 Å². The molecule has 2 N–H and O–H groups in total. The van der Waals surface area contributed by atoms with Gasteiger partial charge in [0.1, 0.15) is 0 Å². The number of esters is 1. The Bertz CT molecular complexity index is 545. The standard InChI is InChI=1S/C19H33IN2O2/c1-6-18(8-7-14-9-13(4)10-15(18)11-14)24-16(23)17(5,12(2)3)19-20(21-19)22-19/h12-15,21-22H,6-11H2,1-5H3. The molecule has 138 valence electrons. The van der Waals surface area contributed by atoms with Gasteiger partial charge in [0, 0.05) is 0 Å². The minimum atomic E-state index is -1.19. The Balaban J connectivity index is 1.57. The van der Waals surface area contributed by atoms with Crippen LogP contribution in [0.25, 0.3) is 0 Å². The summed E-state index contributed by atoms with van der Waals surface area (Å²) in [5.74, 6) is 2.54. The maximum atomic E-state index is 13.4. The summed E-state index contributed by atoms with van der Waals surface area (Å²) in [7, 11) is 0. The molecule has 0 aromatic rings. The maximum absolute atomic E-state index is 13.4. The molecular formula is C19H33IN2O2. The summed E-state index contributed by atoms with van der Waals surface area (Å²) in [6.07, 6.45) is 7.15. The molecular weight excluding hydrogens is 415 g/mol. The van der Waals surface area contributed by atoms with Gasteiger partial charge in [0.05, 0.1) is 0 Å². The second-order valence-corrected chi connectivity index (χ2v) is 13.5. The Morgan fingerprint density at radius 3 is 2.54 bits per heavy atom. The van der Waals surface area contributed by atoms with Crippen LogP contribution in [0.5, 0.6) is 0 Å². The second kappa shape index (κ2) is 5.56. The molecule has 5 atom stereocenters. The average Bonchev–Trinajstić information content (AvgIpc) is 3.39. The Kier molecular flexibility index (Phi) is 4.06. The van der Waals surface area contributed by atoms with E-state index >= 15 is 0 Å². The fourth-order valence-electron chi connectivity index (χ4n) is 5.42. The third-order valence-corrected chi connectivity index (χ3v) is 12.5. The number of hydrogen-bond acceptors (Lipinski definition) is 4. The van der Waals surface area contributed by atoms with Crippen LogP contribution >= 0.6 is 20.4 Å². The third kappa shape index (κ3) is 2.33. The molecule has 0 amide bonds. The number of nitrogens with one attached hydrogen (secondary N) is 2. The van der Waals surface area contributed by atoms with Crippen LogP contribution in [0.15, 0.2) is 0 Å². The van der Waals surface area contributed by atoms with Crippen LogP contribution in [0.1, 0.15) is 73.1 Å². The normalized spacial score (nSPS) is 42.9. The number of carbonyl (C=O) groups excluding carboxylic acids is 1. The average molecular weight is 448 g/mol. The van der Waals surface area contributed by atoms with Gasteiger partial charge in [-0.2, -0.15) is 0 Å². The molecule has 5 heteroatoms. The molecule has 4 nitrogen and oxygen atoms in total. The van der Waals surface area contributed by atoms with Crippen molar-refractivity contribution in [2.45, 2.75) is 82.4 Å². The van der Waals surface area contributed by atoms with Crippen LogP contribution in [0.4, 0.5) is 0 Å². The van der Waals surface area contributed by atoms with Crippen LogP contribution in [-0.4, -0.2) is 15.2 Å². The molecule has 4 aliphatic rings. The van der Waals surface area contributed by atoms with E-state index in [0.717, 1.165) is 24.7 Å². The molecule has 5 unspecified atom stereocenters. The van der Waals surface area contributed by atoms with Crippen LogP contribution in [0.2, 0.25) is 0 Å². The zero-order valence-electron chi connectivity index (χ0n) is 15.7. The molecule has 2 aliphatic carbocycles. The van der Waals surface area contributed by atoms with Crippen molar-refractivity contribution in [1.82, 2.24) is 7.06 Å². The summed E-state index contributed by atoms with van der Waals surface area (Å²) in [6.45, 7) is 11.1.